The second kappa shape index (κ2) is 8.03. The van der Waals surface area contributed by atoms with E-state index in [1.54, 1.807) is 0 Å². The van der Waals surface area contributed by atoms with E-state index in [1.807, 2.05) is 11.3 Å². The quantitative estimate of drug-likeness (QED) is 0.217. The van der Waals surface area contributed by atoms with E-state index in [1.165, 1.54) is 69.4 Å². The molecule has 5 aromatic carbocycles. The lowest BCUT2D eigenvalue weighted by Crippen LogP contribution is -2.10. The Morgan fingerprint density at radius 1 is 0.730 bits per heavy atom. The third kappa shape index (κ3) is 3.20. The Morgan fingerprint density at radius 2 is 1.46 bits per heavy atom. The van der Waals surface area contributed by atoms with Crippen LogP contribution < -0.4 is 0 Å². The predicted molar refractivity (Wildman–Crippen MR) is 164 cm³/mol. The Kier molecular flexibility index (Phi) is 4.83. The third-order valence-electron chi connectivity index (χ3n) is 7.65. The Labute approximate surface area is 220 Å². The van der Waals surface area contributed by atoms with E-state index < -0.39 is 0 Å². The number of thiophene rings is 1. The summed E-state index contributed by atoms with van der Waals surface area (Å²) in [7, 11) is 0. The summed E-state index contributed by atoms with van der Waals surface area (Å²) in [6, 6.07) is 33.4. The summed E-state index contributed by atoms with van der Waals surface area (Å²) >= 11 is 1.91. The number of benzene rings is 5. The zero-order chi connectivity index (χ0) is 25.3. The molecule has 2 heterocycles. The minimum absolute atomic E-state index is 0.0683. The van der Waals surface area contributed by atoms with Gasteiger partial charge in [-0.3, -0.25) is 4.99 Å². The first-order valence-electron chi connectivity index (χ1n) is 12.8. The Morgan fingerprint density at radius 3 is 2.22 bits per heavy atom. The first kappa shape index (κ1) is 22.3. The van der Waals surface area contributed by atoms with Gasteiger partial charge in [-0.1, -0.05) is 99.6 Å². The molecule has 0 radical (unpaired) electrons. The highest BCUT2D eigenvalue weighted by Crippen LogP contribution is 2.49. The number of hydrogen-bond donors (Lipinski definition) is 0. The topological polar surface area (TPSA) is 17.3 Å². The molecule has 0 spiro atoms. The molecule has 0 amide bonds. The van der Waals surface area contributed by atoms with Gasteiger partial charge in [-0.2, -0.15) is 0 Å². The molecule has 2 aromatic heterocycles. The Hall–Kier alpha value is -3.95. The van der Waals surface area contributed by atoms with Crippen LogP contribution in [0.4, 0.5) is 0 Å². The number of rotatable bonds is 3. The van der Waals surface area contributed by atoms with Gasteiger partial charge in [-0.15, -0.1) is 11.3 Å². The van der Waals surface area contributed by atoms with Crippen LogP contribution in [0, 0.1) is 0 Å². The molecular weight excluding hydrogens is 468 g/mol. The number of fused-ring (bicyclic) bond motifs is 10. The molecule has 0 aliphatic carbocycles. The molecule has 0 saturated heterocycles. The molecule has 0 unspecified atom stereocenters. The van der Waals surface area contributed by atoms with Crippen LogP contribution in [0.25, 0.3) is 63.9 Å². The highest BCUT2D eigenvalue weighted by Gasteiger charge is 2.23. The van der Waals surface area contributed by atoms with Crippen molar-refractivity contribution in [3.63, 3.8) is 0 Å². The zero-order valence-electron chi connectivity index (χ0n) is 21.4. The SMILES string of the molecule is C=NCn1c2ccc(C(C)(C)C)cc2c2c3ccccc3c3sc4c(-c5ccccc5)cccc4c3c21. The molecule has 7 rings (SSSR count). The van der Waals surface area contributed by atoms with Crippen molar-refractivity contribution in [2.75, 3.05) is 0 Å². The lowest BCUT2D eigenvalue weighted by Gasteiger charge is -2.19. The van der Waals surface area contributed by atoms with Gasteiger partial charge in [0.2, 0.25) is 0 Å². The fraction of sp³-hybridized carbons (Fsp3) is 0.147. The Bertz CT molecular complexity index is 2000. The summed E-state index contributed by atoms with van der Waals surface area (Å²) in [4.78, 5) is 4.38. The molecule has 0 atom stereocenters. The zero-order valence-corrected chi connectivity index (χ0v) is 22.2. The molecule has 0 fully saturated rings. The number of nitrogens with zero attached hydrogens (tertiary/aromatic N) is 2. The van der Waals surface area contributed by atoms with Crippen LogP contribution in [0.5, 0.6) is 0 Å². The van der Waals surface area contributed by atoms with E-state index in [0.717, 1.165) is 0 Å². The minimum Gasteiger partial charge on any atom is -0.320 e. The monoisotopic (exact) mass is 496 g/mol. The van der Waals surface area contributed by atoms with Crippen LogP contribution in [0.2, 0.25) is 0 Å². The molecule has 2 nitrogen and oxygen atoms in total. The summed E-state index contributed by atoms with van der Waals surface area (Å²) in [5, 5.41) is 7.86. The molecular formula is C34H28N2S. The maximum absolute atomic E-state index is 4.38. The van der Waals surface area contributed by atoms with E-state index in [0.29, 0.717) is 6.67 Å². The molecule has 37 heavy (non-hydrogen) atoms. The van der Waals surface area contributed by atoms with Gasteiger partial charge < -0.3 is 4.57 Å². The predicted octanol–water partition coefficient (Wildman–Crippen LogP) is 9.94. The fourth-order valence-electron chi connectivity index (χ4n) is 5.89. The highest BCUT2D eigenvalue weighted by molar-refractivity contribution is 7.27. The summed E-state index contributed by atoms with van der Waals surface area (Å²) in [6.07, 6.45) is 0. The molecule has 0 saturated carbocycles. The van der Waals surface area contributed by atoms with Crippen molar-refractivity contribution < 1.29 is 0 Å². The van der Waals surface area contributed by atoms with Crippen LogP contribution in [0.15, 0.2) is 96.0 Å². The van der Waals surface area contributed by atoms with Crippen molar-refractivity contribution in [1.29, 1.82) is 0 Å². The van der Waals surface area contributed by atoms with Gasteiger partial charge in [0.25, 0.3) is 0 Å². The molecule has 180 valence electrons. The van der Waals surface area contributed by atoms with Gasteiger partial charge in [0, 0.05) is 36.3 Å². The highest BCUT2D eigenvalue weighted by atomic mass is 32.1. The van der Waals surface area contributed by atoms with Crippen LogP contribution in [0.3, 0.4) is 0 Å². The van der Waals surface area contributed by atoms with Gasteiger partial charge in [0.15, 0.2) is 0 Å². The van der Waals surface area contributed by atoms with E-state index >= 15 is 0 Å². The molecule has 7 aromatic rings. The molecule has 0 N–H and O–H groups in total. The normalized spacial score (nSPS) is 12.4. The van der Waals surface area contributed by atoms with Gasteiger partial charge in [0.1, 0.15) is 6.67 Å². The van der Waals surface area contributed by atoms with Gasteiger partial charge in [-0.25, -0.2) is 0 Å². The van der Waals surface area contributed by atoms with E-state index in [4.69, 9.17) is 0 Å². The molecule has 3 heteroatoms. The van der Waals surface area contributed by atoms with Crippen molar-refractivity contribution in [3.05, 3.63) is 96.6 Å². The molecule has 0 aliphatic rings. The standard InChI is InChI=1S/C34H28N2S/c1-34(2,3)22-17-18-28-27(19-22)29-24-13-8-9-14-25(24)33-30(31(29)36(28)20-35-4)26-16-10-15-23(32(26)37-33)21-11-6-5-7-12-21/h5-19H,4,20H2,1-3H3. The maximum Gasteiger partial charge on any atom is 0.114 e. The molecule has 0 bridgehead atoms. The van der Waals surface area contributed by atoms with Crippen LogP contribution in [0.1, 0.15) is 26.3 Å². The number of hydrogen-bond acceptors (Lipinski definition) is 2. The molecule has 0 aliphatic heterocycles. The summed E-state index contributed by atoms with van der Waals surface area (Å²) in [5.41, 5.74) is 6.43. The minimum atomic E-state index is 0.0683. The van der Waals surface area contributed by atoms with Gasteiger partial charge >= 0.3 is 0 Å². The second-order valence-corrected chi connectivity index (χ2v) is 11.9. The average molecular weight is 497 g/mol. The van der Waals surface area contributed by atoms with E-state index in [9.17, 15) is 0 Å². The summed E-state index contributed by atoms with van der Waals surface area (Å²) in [6.45, 7) is 11.3. The Balaban J connectivity index is 1.76. The third-order valence-corrected chi connectivity index (χ3v) is 8.92. The van der Waals surface area contributed by atoms with Gasteiger partial charge in [-0.05, 0) is 46.3 Å². The van der Waals surface area contributed by atoms with Crippen LogP contribution in [-0.2, 0) is 12.1 Å². The largest absolute Gasteiger partial charge is 0.320 e. The van der Waals surface area contributed by atoms with Crippen molar-refractivity contribution in [1.82, 2.24) is 4.57 Å². The summed E-state index contributed by atoms with van der Waals surface area (Å²) in [5.74, 6) is 0. The first-order valence-corrected chi connectivity index (χ1v) is 13.6. The van der Waals surface area contributed by atoms with Crippen LogP contribution >= 0.6 is 11.3 Å². The van der Waals surface area contributed by atoms with E-state index in [2.05, 4.69) is 128 Å². The maximum atomic E-state index is 4.38. The van der Waals surface area contributed by atoms with Crippen LogP contribution in [-0.4, -0.2) is 11.3 Å². The number of aromatic nitrogens is 1. The van der Waals surface area contributed by atoms with E-state index in [-0.39, 0.29) is 5.41 Å². The average Bonchev–Trinajstić information content (AvgIpc) is 3.45. The lowest BCUT2D eigenvalue weighted by molar-refractivity contribution is 0.591. The van der Waals surface area contributed by atoms with Crippen molar-refractivity contribution in [3.8, 4) is 11.1 Å². The fourth-order valence-corrected chi connectivity index (χ4v) is 7.27. The van der Waals surface area contributed by atoms with Crippen molar-refractivity contribution in [2.45, 2.75) is 32.9 Å². The number of aliphatic imine (C=N–C) groups is 1. The first-order chi connectivity index (χ1) is 18.0. The summed E-state index contributed by atoms with van der Waals surface area (Å²) < 4.78 is 5.05. The second-order valence-electron chi connectivity index (χ2n) is 10.9. The van der Waals surface area contributed by atoms with Gasteiger partial charge in [0.05, 0.1) is 11.0 Å². The smallest absolute Gasteiger partial charge is 0.114 e. The van der Waals surface area contributed by atoms with Crippen molar-refractivity contribution >= 4 is 70.8 Å². The van der Waals surface area contributed by atoms with Crippen molar-refractivity contribution in [2.24, 2.45) is 4.99 Å². The lowest BCUT2D eigenvalue weighted by atomic mass is 9.86.